The Morgan fingerprint density at radius 3 is 2.77 bits per heavy atom. The van der Waals surface area contributed by atoms with Crippen molar-refractivity contribution in [2.24, 2.45) is 0 Å². The van der Waals surface area contributed by atoms with E-state index in [1.54, 1.807) is 29.2 Å². The van der Waals surface area contributed by atoms with Gasteiger partial charge in [-0.1, -0.05) is 0 Å². The van der Waals surface area contributed by atoms with Gasteiger partial charge < -0.3 is 5.32 Å². The van der Waals surface area contributed by atoms with Crippen LogP contribution in [0, 0.1) is 5.82 Å². The van der Waals surface area contributed by atoms with Crippen LogP contribution < -0.4 is 5.32 Å². The van der Waals surface area contributed by atoms with Gasteiger partial charge in [-0.2, -0.15) is 5.10 Å². The molecule has 0 atom stereocenters. The number of carbonyl (C=O) groups is 1. The number of aromatic nitrogens is 4. The highest BCUT2D eigenvalue weighted by molar-refractivity contribution is 9.11. The molecular formula is C17H11BrFN5OS. The van der Waals surface area contributed by atoms with Crippen LogP contribution in [-0.4, -0.2) is 25.7 Å². The van der Waals surface area contributed by atoms with E-state index in [-0.39, 0.29) is 11.7 Å². The van der Waals surface area contributed by atoms with Crippen LogP contribution >= 0.6 is 27.3 Å². The van der Waals surface area contributed by atoms with Crippen LogP contribution in [0.3, 0.4) is 0 Å². The lowest BCUT2D eigenvalue weighted by molar-refractivity contribution is 0.0952. The molecule has 26 heavy (non-hydrogen) atoms. The Morgan fingerprint density at radius 2 is 2.04 bits per heavy atom. The zero-order chi connectivity index (χ0) is 18.1. The minimum Gasteiger partial charge on any atom is -0.346 e. The number of hydrogen-bond donors (Lipinski definition) is 1. The number of halogens is 2. The molecule has 1 amide bonds. The maximum absolute atomic E-state index is 13.1. The van der Waals surface area contributed by atoms with Crippen molar-refractivity contribution >= 4 is 44.1 Å². The van der Waals surface area contributed by atoms with Crippen LogP contribution in [0.2, 0.25) is 0 Å². The lowest BCUT2D eigenvalue weighted by Gasteiger charge is -2.06. The average Bonchev–Trinajstić information content (AvgIpc) is 3.26. The smallest absolute Gasteiger partial charge is 0.253 e. The first-order valence-electron chi connectivity index (χ1n) is 7.57. The number of fused-ring (bicyclic) bond motifs is 1. The Balaban J connectivity index is 1.63. The van der Waals surface area contributed by atoms with Crippen LogP contribution in [0.1, 0.15) is 16.1 Å². The largest absolute Gasteiger partial charge is 0.346 e. The molecule has 1 N–H and O–H groups in total. The van der Waals surface area contributed by atoms with E-state index in [9.17, 15) is 9.18 Å². The summed E-state index contributed by atoms with van der Waals surface area (Å²) in [4.78, 5) is 21.0. The number of hydrogen-bond acceptors (Lipinski definition) is 5. The monoisotopic (exact) mass is 431 g/mol. The molecule has 4 rings (SSSR count). The predicted molar refractivity (Wildman–Crippen MR) is 99.8 cm³/mol. The molecule has 0 aliphatic carbocycles. The summed E-state index contributed by atoms with van der Waals surface area (Å²) in [6.07, 6.45) is 4.74. The van der Waals surface area contributed by atoms with Gasteiger partial charge in [0.05, 0.1) is 41.4 Å². The molecule has 0 bridgehead atoms. The molecule has 0 saturated carbocycles. The minimum atomic E-state index is -0.322. The number of rotatable bonds is 4. The number of nitrogens with one attached hydrogen (secondary N) is 1. The van der Waals surface area contributed by atoms with Crippen LogP contribution in [0.15, 0.2) is 52.2 Å². The molecule has 9 heteroatoms. The van der Waals surface area contributed by atoms with Crippen LogP contribution in [0.4, 0.5) is 4.39 Å². The fraction of sp³-hybridized carbons (Fsp3) is 0.0588. The molecule has 0 spiro atoms. The summed E-state index contributed by atoms with van der Waals surface area (Å²) in [6.45, 7) is 0.323. The van der Waals surface area contributed by atoms with Gasteiger partial charge >= 0.3 is 0 Å². The molecule has 1 aromatic carbocycles. The molecule has 0 aliphatic rings. The number of nitrogens with zero attached hydrogens (tertiary/aromatic N) is 4. The first kappa shape index (κ1) is 16.8. The lowest BCUT2D eigenvalue weighted by Crippen LogP contribution is -2.23. The van der Waals surface area contributed by atoms with Gasteiger partial charge in [0.25, 0.3) is 5.91 Å². The van der Waals surface area contributed by atoms with Crippen molar-refractivity contribution in [2.75, 3.05) is 0 Å². The van der Waals surface area contributed by atoms with Crippen molar-refractivity contribution in [3.05, 3.63) is 69.2 Å². The molecule has 0 saturated heterocycles. The van der Waals surface area contributed by atoms with E-state index in [1.165, 1.54) is 29.7 Å². The van der Waals surface area contributed by atoms with E-state index >= 15 is 0 Å². The van der Waals surface area contributed by atoms with E-state index in [4.69, 9.17) is 0 Å². The average molecular weight is 432 g/mol. The first-order chi connectivity index (χ1) is 12.6. The molecule has 130 valence electrons. The second-order valence-electron chi connectivity index (χ2n) is 5.43. The van der Waals surface area contributed by atoms with Gasteiger partial charge in [0.15, 0.2) is 3.92 Å². The minimum absolute atomic E-state index is 0.258. The van der Waals surface area contributed by atoms with E-state index in [0.717, 1.165) is 9.61 Å². The highest BCUT2D eigenvalue weighted by Gasteiger charge is 2.15. The molecule has 0 fully saturated rings. The summed E-state index contributed by atoms with van der Waals surface area (Å²) in [5.74, 6) is -0.581. The molecule has 3 aromatic heterocycles. The number of pyridine rings is 1. The lowest BCUT2D eigenvalue weighted by atomic mass is 10.2. The van der Waals surface area contributed by atoms with E-state index in [1.807, 2.05) is 5.38 Å². The normalized spacial score (nSPS) is 11.0. The fourth-order valence-electron chi connectivity index (χ4n) is 2.54. The number of benzene rings is 1. The van der Waals surface area contributed by atoms with Crippen molar-refractivity contribution in [3.63, 3.8) is 0 Å². The highest BCUT2D eigenvalue weighted by atomic mass is 79.9. The van der Waals surface area contributed by atoms with Crippen LogP contribution in [-0.2, 0) is 6.54 Å². The summed E-state index contributed by atoms with van der Waals surface area (Å²) < 4.78 is 15.5. The van der Waals surface area contributed by atoms with Gasteiger partial charge in [0.2, 0.25) is 0 Å². The molecule has 0 aliphatic heterocycles. The summed E-state index contributed by atoms with van der Waals surface area (Å²) >= 11 is 4.75. The Morgan fingerprint density at radius 1 is 1.23 bits per heavy atom. The van der Waals surface area contributed by atoms with E-state index in [2.05, 4.69) is 36.3 Å². The zero-order valence-electron chi connectivity index (χ0n) is 13.2. The van der Waals surface area contributed by atoms with Crippen molar-refractivity contribution in [1.29, 1.82) is 0 Å². The molecule has 6 nitrogen and oxygen atoms in total. The zero-order valence-corrected chi connectivity index (χ0v) is 15.6. The highest BCUT2D eigenvalue weighted by Crippen LogP contribution is 2.21. The van der Waals surface area contributed by atoms with Gasteiger partial charge in [-0.3, -0.25) is 9.78 Å². The standard InChI is InChI=1S/C17H11BrFN5OS/c18-17-23-11(9-26-17)5-21-16(25)14-6-20-8-15-13(14)7-22-24(15)12-3-1-10(19)2-4-12/h1-4,6-9H,5H2,(H,21,25). The second kappa shape index (κ2) is 6.93. The molecule has 0 unspecified atom stereocenters. The number of amides is 1. The summed E-state index contributed by atoms with van der Waals surface area (Å²) in [6, 6.07) is 5.96. The molecule has 3 heterocycles. The molecule has 4 aromatic rings. The Kier molecular flexibility index (Phi) is 4.48. The molecular weight excluding hydrogens is 421 g/mol. The number of carbonyl (C=O) groups excluding carboxylic acids is 1. The maximum atomic E-state index is 13.1. The van der Waals surface area contributed by atoms with Crippen LogP contribution in [0.5, 0.6) is 0 Å². The van der Waals surface area contributed by atoms with Gasteiger partial charge in [0.1, 0.15) is 5.82 Å². The maximum Gasteiger partial charge on any atom is 0.253 e. The third kappa shape index (κ3) is 3.23. The van der Waals surface area contributed by atoms with E-state index < -0.39 is 0 Å². The third-order valence-electron chi connectivity index (χ3n) is 3.77. The Hall–Kier alpha value is -2.65. The van der Waals surface area contributed by atoms with Crippen molar-refractivity contribution < 1.29 is 9.18 Å². The summed E-state index contributed by atoms with van der Waals surface area (Å²) in [5.41, 5.74) is 2.55. The second-order valence-corrected chi connectivity index (χ2v) is 7.56. The first-order valence-corrected chi connectivity index (χ1v) is 9.25. The summed E-state index contributed by atoms with van der Waals surface area (Å²) in [7, 11) is 0. The fourth-order valence-corrected chi connectivity index (χ4v) is 3.59. The van der Waals surface area contributed by atoms with Crippen molar-refractivity contribution in [1.82, 2.24) is 25.1 Å². The Bertz CT molecular complexity index is 1090. The van der Waals surface area contributed by atoms with Gasteiger partial charge in [-0.05, 0) is 40.2 Å². The third-order valence-corrected chi connectivity index (χ3v) is 5.18. The van der Waals surface area contributed by atoms with Crippen molar-refractivity contribution in [3.8, 4) is 5.69 Å². The van der Waals surface area contributed by atoms with Crippen LogP contribution in [0.25, 0.3) is 16.6 Å². The van der Waals surface area contributed by atoms with Crippen molar-refractivity contribution in [2.45, 2.75) is 6.54 Å². The Labute approximate surface area is 159 Å². The van der Waals surface area contributed by atoms with Gasteiger partial charge in [-0.15, -0.1) is 11.3 Å². The predicted octanol–water partition coefficient (Wildman–Crippen LogP) is 3.71. The SMILES string of the molecule is O=C(NCc1csc(Br)n1)c1cncc2c1cnn2-c1ccc(F)cc1. The van der Waals surface area contributed by atoms with E-state index in [0.29, 0.717) is 28.7 Å². The van der Waals surface area contributed by atoms with Gasteiger partial charge in [-0.25, -0.2) is 14.1 Å². The van der Waals surface area contributed by atoms with Gasteiger partial charge in [0, 0.05) is 17.0 Å². The molecule has 0 radical (unpaired) electrons. The summed E-state index contributed by atoms with van der Waals surface area (Å²) in [5, 5.41) is 9.69. The number of thiazole rings is 1. The topological polar surface area (TPSA) is 72.7 Å². The quantitative estimate of drug-likeness (QED) is 0.534.